The normalized spacial score (nSPS) is 11.4. The number of aryl methyl sites for hydroxylation is 1. The second-order valence-corrected chi connectivity index (χ2v) is 5.14. The summed E-state index contributed by atoms with van der Waals surface area (Å²) in [7, 11) is 0. The lowest BCUT2D eigenvalue weighted by molar-refractivity contribution is 0.0908. The van der Waals surface area contributed by atoms with E-state index in [-0.39, 0.29) is 12.2 Å². The molecular weight excluding hydrogens is 234 g/mol. The number of aliphatic hydroxyl groups excluding tert-OH is 1. The van der Waals surface area contributed by atoms with Crippen molar-refractivity contribution in [2.24, 2.45) is 5.41 Å². The van der Waals surface area contributed by atoms with Crippen LogP contribution in [-0.2, 0) is 0 Å². The van der Waals surface area contributed by atoms with Crippen LogP contribution in [0.5, 0.6) is 0 Å². The maximum atomic E-state index is 12.0. The Kier molecular flexibility index (Phi) is 4.24. The van der Waals surface area contributed by atoms with E-state index in [1.165, 1.54) is 0 Å². The van der Waals surface area contributed by atoms with E-state index in [4.69, 9.17) is 5.11 Å². The monoisotopic (exact) mass is 253 g/mol. The summed E-state index contributed by atoms with van der Waals surface area (Å²) in [4.78, 5) is 23.6. The van der Waals surface area contributed by atoms with Crippen LogP contribution in [0.15, 0.2) is 4.79 Å². The summed E-state index contributed by atoms with van der Waals surface area (Å²) < 4.78 is 0. The number of hydrogen-bond acceptors (Lipinski definition) is 4. The Morgan fingerprint density at radius 2 is 2.06 bits per heavy atom. The summed E-state index contributed by atoms with van der Waals surface area (Å²) in [6.07, 6.45) is 0. The second kappa shape index (κ2) is 5.30. The van der Waals surface area contributed by atoms with Gasteiger partial charge in [-0.15, -0.1) is 0 Å². The Hall–Kier alpha value is -1.69. The van der Waals surface area contributed by atoms with Crippen LogP contribution in [0, 0.1) is 19.3 Å². The molecule has 0 aliphatic heterocycles. The molecule has 18 heavy (non-hydrogen) atoms. The lowest BCUT2D eigenvalue weighted by Crippen LogP contribution is -2.39. The predicted octanol–water partition coefficient (Wildman–Crippen LogP) is 0.135. The summed E-state index contributed by atoms with van der Waals surface area (Å²) in [5.41, 5.74) is 0.339. The summed E-state index contributed by atoms with van der Waals surface area (Å²) in [5, 5.41) is 17.8. The number of nitrogens with zero attached hydrogens (tertiary/aromatic N) is 1. The van der Waals surface area contributed by atoms with Gasteiger partial charge in [-0.1, -0.05) is 13.8 Å². The number of carbonyl (C=O) groups excluding carboxylic acids is 1. The first-order chi connectivity index (χ1) is 8.28. The zero-order chi connectivity index (χ0) is 13.9. The van der Waals surface area contributed by atoms with E-state index >= 15 is 0 Å². The van der Waals surface area contributed by atoms with Crippen molar-refractivity contribution in [1.82, 2.24) is 15.5 Å². The number of aromatic amines is 1. The standard InChI is InChI=1S/C12H19N3O3/c1-7-8(2)14-15-11(18)9(7)10(17)13-5-12(3,4)6-16/h16H,5-6H2,1-4H3,(H,13,17)(H,15,18). The Bertz CT molecular complexity index is 506. The van der Waals surface area contributed by atoms with E-state index in [0.717, 1.165) is 0 Å². The second-order valence-electron chi connectivity index (χ2n) is 5.14. The lowest BCUT2D eigenvalue weighted by atomic mass is 9.95. The SMILES string of the molecule is Cc1n[nH]c(=O)c(C(=O)NCC(C)(C)CO)c1C. The molecule has 0 saturated heterocycles. The Balaban J connectivity index is 2.93. The number of aliphatic hydroxyl groups is 1. The molecule has 1 heterocycles. The Morgan fingerprint density at radius 3 is 2.61 bits per heavy atom. The van der Waals surface area contributed by atoms with Gasteiger partial charge in [0.2, 0.25) is 0 Å². The molecule has 1 aromatic rings. The van der Waals surface area contributed by atoms with Gasteiger partial charge < -0.3 is 10.4 Å². The fourth-order valence-corrected chi connectivity index (χ4v) is 1.36. The quantitative estimate of drug-likeness (QED) is 0.711. The molecule has 0 aromatic carbocycles. The molecule has 3 N–H and O–H groups in total. The van der Waals surface area contributed by atoms with Crippen LogP contribution in [0.1, 0.15) is 35.5 Å². The van der Waals surface area contributed by atoms with Crippen molar-refractivity contribution in [3.05, 3.63) is 27.2 Å². The zero-order valence-corrected chi connectivity index (χ0v) is 11.1. The molecule has 0 unspecified atom stereocenters. The summed E-state index contributed by atoms with van der Waals surface area (Å²) in [6.45, 7) is 7.30. The van der Waals surface area contributed by atoms with E-state index in [9.17, 15) is 9.59 Å². The molecule has 0 radical (unpaired) electrons. The molecule has 1 aromatic heterocycles. The zero-order valence-electron chi connectivity index (χ0n) is 11.1. The number of amides is 1. The van der Waals surface area contributed by atoms with Gasteiger partial charge >= 0.3 is 0 Å². The fraction of sp³-hybridized carbons (Fsp3) is 0.583. The van der Waals surface area contributed by atoms with E-state index in [1.807, 2.05) is 13.8 Å². The Labute approximate surface area is 105 Å². The lowest BCUT2D eigenvalue weighted by Gasteiger charge is -2.21. The third-order valence-corrected chi connectivity index (χ3v) is 2.85. The maximum absolute atomic E-state index is 12.0. The van der Waals surface area contributed by atoms with Crippen molar-refractivity contribution in [3.8, 4) is 0 Å². The van der Waals surface area contributed by atoms with Crippen molar-refractivity contribution in [2.75, 3.05) is 13.2 Å². The van der Waals surface area contributed by atoms with Crippen molar-refractivity contribution in [1.29, 1.82) is 0 Å². The predicted molar refractivity (Wildman–Crippen MR) is 67.5 cm³/mol. The highest BCUT2D eigenvalue weighted by Gasteiger charge is 2.21. The number of nitrogens with one attached hydrogen (secondary N) is 2. The number of H-pyrrole nitrogens is 1. The molecular formula is C12H19N3O3. The molecule has 0 saturated carbocycles. The van der Waals surface area contributed by atoms with Crippen LogP contribution >= 0.6 is 0 Å². The van der Waals surface area contributed by atoms with E-state index in [1.54, 1.807) is 13.8 Å². The molecule has 0 bridgehead atoms. The van der Waals surface area contributed by atoms with E-state index in [2.05, 4.69) is 15.5 Å². The first-order valence-electron chi connectivity index (χ1n) is 5.73. The van der Waals surface area contributed by atoms with Gasteiger partial charge in [0.1, 0.15) is 5.56 Å². The molecule has 6 heteroatoms. The minimum absolute atomic E-state index is 0.0437. The smallest absolute Gasteiger partial charge is 0.277 e. The van der Waals surface area contributed by atoms with Crippen LogP contribution in [0.3, 0.4) is 0 Å². The van der Waals surface area contributed by atoms with Crippen molar-refractivity contribution in [2.45, 2.75) is 27.7 Å². The van der Waals surface area contributed by atoms with Crippen LogP contribution in [0.2, 0.25) is 0 Å². The average molecular weight is 253 g/mol. The van der Waals surface area contributed by atoms with Crippen molar-refractivity contribution < 1.29 is 9.90 Å². The fourth-order valence-electron chi connectivity index (χ4n) is 1.36. The van der Waals surface area contributed by atoms with Gasteiger partial charge in [0.05, 0.1) is 5.69 Å². The van der Waals surface area contributed by atoms with Crippen LogP contribution < -0.4 is 10.9 Å². The molecule has 0 spiro atoms. The van der Waals surface area contributed by atoms with Gasteiger partial charge in [-0.3, -0.25) is 9.59 Å². The third-order valence-electron chi connectivity index (χ3n) is 2.85. The molecule has 1 amide bonds. The molecule has 100 valence electrons. The molecule has 0 atom stereocenters. The van der Waals surface area contributed by atoms with Gasteiger partial charge in [-0.25, -0.2) is 5.10 Å². The van der Waals surface area contributed by atoms with E-state index < -0.39 is 16.9 Å². The highest BCUT2D eigenvalue weighted by molar-refractivity contribution is 5.95. The number of aromatic nitrogens is 2. The maximum Gasteiger partial charge on any atom is 0.277 e. The van der Waals surface area contributed by atoms with Crippen LogP contribution in [0.4, 0.5) is 0 Å². The largest absolute Gasteiger partial charge is 0.396 e. The number of carbonyl (C=O) groups is 1. The first kappa shape index (κ1) is 14.4. The molecule has 6 nitrogen and oxygen atoms in total. The van der Waals surface area contributed by atoms with Crippen molar-refractivity contribution in [3.63, 3.8) is 0 Å². The molecule has 1 rings (SSSR count). The number of hydrogen-bond donors (Lipinski definition) is 3. The first-order valence-corrected chi connectivity index (χ1v) is 5.73. The van der Waals surface area contributed by atoms with Gasteiger partial charge in [0, 0.05) is 18.6 Å². The van der Waals surface area contributed by atoms with Crippen molar-refractivity contribution >= 4 is 5.91 Å². The summed E-state index contributed by atoms with van der Waals surface area (Å²) >= 11 is 0. The number of rotatable bonds is 4. The van der Waals surface area contributed by atoms with Crippen LogP contribution in [-0.4, -0.2) is 34.4 Å². The van der Waals surface area contributed by atoms with Gasteiger partial charge in [-0.2, -0.15) is 5.10 Å². The van der Waals surface area contributed by atoms with Gasteiger partial charge in [-0.05, 0) is 19.4 Å². The molecule has 0 aliphatic carbocycles. The molecule has 0 aliphatic rings. The molecule has 0 fully saturated rings. The highest BCUT2D eigenvalue weighted by Crippen LogP contribution is 2.12. The minimum atomic E-state index is -0.502. The van der Waals surface area contributed by atoms with E-state index in [0.29, 0.717) is 17.8 Å². The average Bonchev–Trinajstić information content (AvgIpc) is 2.32. The van der Waals surface area contributed by atoms with Gasteiger partial charge in [0.25, 0.3) is 11.5 Å². The summed E-state index contributed by atoms with van der Waals surface area (Å²) in [5.74, 6) is -0.444. The van der Waals surface area contributed by atoms with Gasteiger partial charge in [0.15, 0.2) is 0 Å². The highest BCUT2D eigenvalue weighted by atomic mass is 16.3. The third kappa shape index (κ3) is 3.16. The Morgan fingerprint density at radius 1 is 1.44 bits per heavy atom. The summed E-state index contributed by atoms with van der Waals surface area (Å²) in [6, 6.07) is 0. The van der Waals surface area contributed by atoms with Crippen LogP contribution in [0.25, 0.3) is 0 Å². The minimum Gasteiger partial charge on any atom is -0.396 e. The topological polar surface area (TPSA) is 95.1 Å².